The van der Waals surface area contributed by atoms with E-state index < -0.39 is 0 Å². The fourth-order valence-electron chi connectivity index (χ4n) is 5.43. The third-order valence-electron chi connectivity index (χ3n) is 7.63. The van der Waals surface area contributed by atoms with Crippen LogP contribution < -0.4 is 20.8 Å². The van der Waals surface area contributed by atoms with Crippen molar-refractivity contribution in [2.45, 2.75) is 32.7 Å². The minimum absolute atomic E-state index is 0.107. The van der Waals surface area contributed by atoms with E-state index in [1.54, 1.807) is 7.11 Å². The number of fused-ring (bicyclic) bond motifs is 2. The van der Waals surface area contributed by atoms with Gasteiger partial charge in [0.2, 0.25) is 0 Å². The number of methoxy groups -OCH3 is 1. The number of likely N-dealkylation sites (tertiary alicyclic amines) is 1. The second kappa shape index (κ2) is 9.99. The molecule has 3 heterocycles. The molecule has 1 fully saturated rings. The first kappa shape index (κ1) is 24.2. The molecule has 0 unspecified atom stereocenters. The number of piperidine rings is 1. The molecular weight excluding hydrogens is 474 g/mol. The van der Waals surface area contributed by atoms with E-state index in [-0.39, 0.29) is 5.88 Å². The second-order valence-electron chi connectivity index (χ2n) is 10.1. The first-order chi connectivity index (χ1) is 18.5. The largest absolute Gasteiger partial charge is 0.497 e. The van der Waals surface area contributed by atoms with Crippen LogP contribution in [0.5, 0.6) is 11.6 Å². The minimum Gasteiger partial charge on any atom is -0.497 e. The third kappa shape index (κ3) is 4.54. The van der Waals surface area contributed by atoms with Crippen molar-refractivity contribution in [3.63, 3.8) is 0 Å². The molecule has 1 aromatic heterocycles. The highest BCUT2D eigenvalue weighted by atomic mass is 16.5. The van der Waals surface area contributed by atoms with Crippen molar-refractivity contribution in [3.05, 3.63) is 93.9 Å². The molecule has 1 saturated heterocycles. The van der Waals surface area contributed by atoms with Crippen molar-refractivity contribution < 1.29 is 9.84 Å². The number of benzene rings is 3. The van der Waals surface area contributed by atoms with Crippen LogP contribution in [0.2, 0.25) is 0 Å². The number of hydrogen-bond acceptors (Lipinski definition) is 6. The topological polar surface area (TPSA) is 85.2 Å². The zero-order chi connectivity index (χ0) is 26.2. The van der Waals surface area contributed by atoms with Crippen LogP contribution in [0.1, 0.15) is 36.5 Å². The predicted octanol–water partition coefficient (Wildman–Crippen LogP) is 4.76. The van der Waals surface area contributed by atoms with E-state index in [2.05, 4.69) is 65.4 Å². The number of aromatic nitrogens is 1. The standard InChI is InChI=1S/C31H33N5O2/c1-4-36-15-13-21(14-16-36)32-22-9-11-25-24(17-22)29(31(37)35-25)28(20-7-5-19(2)6-8-20)30-33-26-12-10-23(38-3)18-27(26)34-30/h5-12,17-18,21,32,35,37H,4,13-16H2,1-3H3/b30-28+. The molecule has 194 valence electrons. The Hall–Kier alpha value is -4.10. The molecule has 0 aliphatic carbocycles. The van der Waals surface area contributed by atoms with Gasteiger partial charge in [-0.1, -0.05) is 36.8 Å². The van der Waals surface area contributed by atoms with E-state index >= 15 is 0 Å². The molecule has 0 amide bonds. The fraction of sp³-hybridized carbons (Fsp3) is 0.290. The average Bonchev–Trinajstić information content (AvgIpc) is 3.50. The fourth-order valence-corrected chi connectivity index (χ4v) is 5.43. The molecule has 38 heavy (non-hydrogen) atoms. The molecule has 3 aromatic carbocycles. The zero-order valence-corrected chi connectivity index (χ0v) is 22.1. The number of anilines is 1. The van der Waals surface area contributed by atoms with Gasteiger partial charge in [0.05, 0.1) is 23.4 Å². The predicted molar refractivity (Wildman–Crippen MR) is 151 cm³/mol. The first-order valence-corrected chi connectivity index (χ1v) is 13.3. The quantitative estimate of drug-likeness (QED) is 0.351. The van der Waals surface area contributed by atoms with Gasteiger partial charge >= 0.3 is 0 Å². The summed E-state index contributed by atoms with van der Waals surface area (Å²) in [6, 6.07) is 20.6. The summed E-state index contributed by atoms with van der Waals surface area (Å²) in [5, 5.41) is 17.4. The smallest absolute Gasteiger partial charge is 0.197 e. The van der Waals surface area contributed by atoms with Crippen LogP contribution in [0, 0.1) is 6.92 Å². The number of hydrogen-bond donors (Lipinski definition) is 3. The van der Waals surface area contributed by atoms with Crippen LogP contribution in [0.15, 0.2) is 76.5 Å². The Morgan fingerprint density at radius 3 is 2.53 bits per heavy atom. The number of aryl methyl sites for hydroxylation is 1. The Morgan fingerprint density at radius 2 is 1.79 bits per heavy atom. The lowest BCUT2D eigenvalue weighted by molar-refractivity contribution is 0.229. The van der Waals surface area contributed by atoms with E-state index in [4.69, 9.17) is 14.7 Å². The lowest BCUT2D eigenvalue weighted by Gasteiger charge is -2.32. The van der Waals surface area contributed by atoms with Crippen LogP contribution in [-0.4, -0.2) is 47.8 Å². The third-order valence-corrected chi connectivity index (χ3v) is 7.63. The number of nitrogens with zero attached hydrogens (tertiary/aromatic N) is 3. The summed E-state index contributed by atoms with van der Waals surface area (Å²) in [6.45, 7) is 7.62. The zero-order valence-electron chi connectivity index (χ0n) is 22.1. The summed E-state index contributed by atoms with van der Waals surface area (Å²) in [5.74, 6) is 1.41. The maximum atomic E-state index is 11.2. The number of aromatic amines is 1. The van der Waals surface area contributed by atoms with Gasteiger partial charge in [-0.2, -0.15) is 0 Å². The van der Waals surface area contributed by atoms with Crippen LogP contribution in [-0.2, 0) is 0 Å². The first-order valence-electron chi connectivity index (χ1n) is 13.3. The molecule has 6 rings (SSSR count). The lowest BCUT2D eigenvalue weighted by atomic mass is 9.95. The molecule has 7 heteroatoms. The number of ether oxygens (including phenoxy) is 1. The summed E-state index contributed by atoms with van der Waals surface area (Å²) in [6.07, 6.45) is 2.24. The Balaban J connectivity index is 1.48. The lowest BCUT2D eigenvalue weighted by Crippen LogP contribution is -2.38. The Kier molecular flexibility index (Phi) is 6.37. The highest BCUT2D eigenvalue weighted by Gasteiger charge is 2.23. The van der Waals surface area contributed by atoms with Gasteiger partial charge in [0, 0.05) is 47.4 Å². The van der Waals surface area contributed by atoms with Gasteiger partial charge in [-0.3, -0.25) is 0 Å². The van der Waals surface area contributed by atoms with Gasteiger partial charge in [-0.05, 0) is 62.2 Å². The van der Waals surface area contributed by atoms with Crippen LogP contribution in [0.25, 0.3) is 16.5 Å². The average molecular weight is 508 g/mol. The van der Waals surface area contributed by atoms with Crippen molar-refractivity contribution in [2.24, 2.45) is 9.98 Å². The number of aromatic hydroxyl groups is 1. The van der Waals surface area contributed by atoms with E-state index in [1.807, 2.05) is 24.3 Å². The molecule has 4 aromatic rings. The van der Waals surface area contributed by atoms with Crippen LogP contribution >= 0.6 is 0 Å². The van der Waals surface area contributed by atoms with Crippen molar-refractivity contribution in [1.82, 2.24) is 9.88 Å². The second-order valence-corrected chi connectivity index (χ2v) is 10.1. The minimum atomic E-state index is 0.107. The molecule has 0 bridgehead atoms. The highest BCUT2D eigenvalue weighted by molar-refractivity contribution is 6.01. The Labute approximate surface area is 222 Å². The van der Waals surface area contributed by atoms with Crippen molar-refractivity contribution in [1.29, 1.82) is 0 Å². The van der Waals surface area contributed by atoms with Crippen LogP contribution in [0.3, 0.4) is 0 Å². The van der Waals surface area contributed by atoms with Crippen molar-refractivity contribution in [2.75, 3.05) is 32.1 Å². The van der Waals surface area contributed by atoms with Gasteiger partial charge in [0.25, 0.3) is 0 Å². The summed E-state index contributed by atoms with van der Waals surface area (Å²) >= 11 is 0. The van der Waals surface area contributed by atoms with E-state index in [0.717, 1.165) is 82.2 Å². The van der Waals surface area contributed by atoms with Gasteiger partial charge in [0.15, 0.2) is 11.7 Å². The maximum absolute atomic E-state index is 11.2. The highest BCUT2D eigenvalue weighted by Crippen LogP contribution is 2.40. The molecule has 0 spiro atoms. The van der Waals surface area contributed by atoms with Crippen LogP contribution in [0.4, 0.5) is 5.69 Å². The normalized spacial score (nSPS) is 17.1. The van der Waals surface area contributed by atoms with E-state index in [1.165, 1.54) is 0 Å². The SMILES string of the molecule is CCN1CCC(Nc2ccc3[nH]c(O)c(/C(=C4\N=c5ccc(OC)cc5=N4)c4ccc(C)cc4)c3c2)CC1. The molecule has 2 aliphatic heterocycles. The molecule has 0 radical (unpaired) electrons. The molecule has 2 aliphatic rings. The summed E-state index contributed by atoms with van der Waals surface area (Å²) < 4.78 is 5.40. The Morgan fingerprint density at radius 1 is 1.03 bits per heavy atom. The number of rotatable bonds is 6. The molecule has 3 N–H and O–H groups in total. The van der Waals surface area contributed by atoms with Crippen molar-refractivity contribution in [3.8, 4) is 11.6 Å². The molecular formula is C31H33N5O2. The summed E-state index contributed by atoms with van der Waals surface area (Å²) in [4.78, 5) is 15.4. The molecule has 0 saturated carbocycles. The number of H-pyrrole nitrogens is 1. The summed E-state index contributed by atoms with van der Waals surface area (Å²) in [5.41, 5.74) is 5.52. The Bertz CT molecular complexity index is 1640. The van der Waals surface area contributed by atoms with Gasteiger partial charge in [-0.25, -0.2) is 9.98 Å². The number of nitrogens with one attached hydrogen (secondary N) is 2. The van der Waals surface area contributed by atoms with E-state index in [0.29, 0.717) is 17.4 Å². The van der Waals surface area contributed by atoms with Gasteiger partial charge in [0.1, 0.15) is 5.75 Å². The molecule has 7 nitrogen and oxygen atoms in total. The van der Waals surface area contributed by atoms with Gasteiger partial charge < -0.3 is 25.0 Å². The van der Waals surface area contributed by atoms with E-state index in [9.17, 15) is 5.11 Å². The van der Waals surface area contributed by atoms with Crippen molar-refractivity contribution >= 4 is 22.2 Å². The monoisotopic (exact) mass is 507 g/mol. The maximum Gasteiger partial charge on any atom is 0.197 e. The summed E-state index contributed by atoms with van der Waals surface area (Å²) in [7, 11) is 1.64. The molecule has 0 atom stereocenters. The van der Waals surface area contributed by atoms with Gasteiger partial charge in [-0.15, -0.1) is 0 Å².